The first-order valence-electron chi connectivity index (χ1n) is 7.45. The molecule has 0 spiro atoms. The zero-order valence-corrected chi connectivity index (χ0v) is 14.6. The van der Waals surface area contributed by atoms with E-state index in [0.29, 0.717) is 11.3 Å². The number of carbonyl (C=O) groups excluding carboxylic acids is 1. The van der Waals surface area contributed by atoms with Crippen molar-refractivity contribution in [2.45, 2.75) is 24.5 Å². The number of benzene rings is 1. The standard InChI is InChI=1S/C16H14F2N4O3S/c1-9-7-14-19-8-13(10(2)22(14)21-9)15(23)20-11-3-5-12(6-4-11)26(24,25)16(17)18/h3-8,16H,1-2H3,(H,20,23). The number of aryl methyl sites for hydroxylation is 2. The van der Waals surface area contributed by atoms with Gasteiger partial charge in [0.05, 0.1) is 21.8 Å². The summed E-state index contributed by atoms with van der Waals surface area (Å²) in [6.45, 7) is 3.53. The van der Waals surface area contributed by atoms with Crippen LogP contribution in [0.5, 0.6) is 0 Å². The van der Waals surface area contributed by atoms with Crippen LogP contribution in [0.2, 0.25) is 0 Å². The highest BCUT2D eigenvalue weighted by atomic mass is 32.2. The van der Waals surface area contributed by atoms with Crippen molar-refractivity contribution in [3.8, 4) is 0 Å². The Morgan fingerprint density at radius 3 is 2.46 bits per heavy atom. The number of nitrogens with zero attached hydrogens (tertiary/aromatic N) is 3. The minimum Gasteiger partial charge on any atom is -0.322 e. The minimum atomic E-state index is -4.67. The molecule has 10 heteroatoms. The summed E-state index contributed by atoms with van der Waals surface area (Å²) in [7, 11) is -4.67. The van der Waals surface area contributed by atoms with Gasteiger partial charge in [0.1, 0.15) is 0 Å². The predicted molar refractivity (Wildman–Crippen MR) is 90.0 cm³/mol. The fourth-order valence-electron chi connectivity index (χ4n) is 2.41. The largest absolute Gasteiger partial charge is 0.341 e. The molecular formula is C16H14F2N4O3S. The minimum absolute atomic E-state index is 0.263. The Balaban J connectivity index is 1.85. The van der Waals surface area contributed by atoms with Crippen molar-refractivity contribution in [1.82, 2.24) is 14.6 Å². The number of sulfone groups is 1. The van der Waals surface area contributed by atoms with Gasteiger partial charge in [-0.1, -0.05) is 0 Å². The Labute approximate surface area is 147 Å². The molecule has 0 unspecified atom stereocenters. The van der Waals surface area contributed by atoms with Crippen LogP contribution in [0, 0.1) is 13.8 Å². The Morgan fingerprint density at radius 1 is 1.19 bits per heavy atom. The Hall–Kier alpha value is -2.88. The van der Waals surface area contributed by atoms with E-state index in [1.54, 1.807) is 17.5 Å². The average molecular weight is 380 g/mol. The van der Waals surface area contributed by atoms with Crippen LogP contribution in [0.1, 0.15) is 21.7 Å². The van der Waals surface area contributed by atoms with E-state index in [4.69, 9.17) is 0 Å². The molecule has 2 aromatic heterocycles. The smallest absolute Gasteiger partial charge is 0.322 e. The van der Waals surface area contributed by atoms with E-state index in [-0.39, 0.29) is 11.3 Å². The lowest BCUT2D eigenvalue weighted by Crippen LogP contribution is -2.16. The second-order valence-corrected chi connectivity index (χ2v) is 7.51. The third-order valence-electron chi connectivity index (χ3n) is 3.77. The number of halogens is 2. The van der Waals surface area contributed by atoms with Crippen molar-refractivity contribution in [3.05, 3.63) is 53.5 Å². The lowest BCUT2D eigenvalue weighted by Gasteiger charge is -2.09. The summed E-state index contributed by atoms with van der Waals surface area (Å²) in [5.74, 6) is -3.98. The van der Waals surface area contributed by atoms with E-state index < -0.39 is 26.4 Å². The number of hydrogen-bond acceptors (Lipinski definition) is 5. The van der Waals surface area contributed by atoms with E-state index >= 15 is 0 Å². The van der Waals surface area contributed by atoms with Crippen molar-refractivity contribution in [3.63, 3.8) is 0 Å². The number of rotatable bonds is 4. The average Bonchev–Trinajstić information content (AvgIpc) is 2.97. The maximum Gasteiger partial charge on any atom is 0.341 e. The van der Waals surface area contributed by atoms with Gasteiger partial charge >= 0.3 is 5.76 Å². The van der Waals surface area contributed by atoms with Crippen LogP contribution in [-0.2, 0) is 9.84 Å². The quantitative estimate of drug-likeness (QED) is 0.751. The van der Waals surface area contributed by atoms with Crippen molar-refractivity contribution in [2.75, 3.05) is 5.32 Å². The van der Waals surface area contributed by atoms with Crippen LogP contribution in [0.4, 0.5) is 14.5 Å². The van der Waals surface area contributed by atoms with Crippen LogP contribution in [0.15, 0.2) is 41.4 Å². The first-order chi connectivity index (χ1) is 12.2. The Kier molecular flexibility index (Phi) is 4.45. The molecule has 0 aliphatic rings. The van der Waals surface area contributed by atoms with Crippen LogP contribution < -0.4 is 5.32 Å². The lowest BCUT2D eigenvalue weighted by atomic mass is 10.2. The molecule has 0 saturated heterocycles. The SMILES string of the molecule is Cc1cc2ncc(C(=O)Nc3ccc(S(=O)(=O)C(F)F)cc3)c(C)n2n1. The third-order valence-corrected chi connectivity index (χ3v) is 5.16. The van der Waals surface area contributed by atoms with Gasteiger partial charge in [-0.3, -0.25) is 4.79 Å². The molecule has 0 aliphatic carbocycles. The summed E-state index contributed by atoms with van der Waals surface area (Å²) in [6, 6.07) is 6.29. The fraction of sp³-hybridized carbons (Fsp3) is 0.188. The molecular weight excluding hydrogens is 366 g/mol. The van der Waals surface area contributed by atoms with Crippen molar-refractivity contribution < 1.29 is 22.0 Å². The normalized spacial score (nSPS) is 11.9. The second-order valence-electron chi connectivity index (χ2n) is 5.60. The number of carbonyl (C=O) groups is 1. The van der Waals surface area contributed by atoms with E-state index in [0.717, 1.165) is 17.8 Å². The molecule has 0 saturated carbocycles. The maximum atomic E-state index is 12.5. The van der Waals surface area contributed by atoms with E-state index in [1.165, 1.54) is 18.3 Å². The Bertz CT molecular complexity index is 1090. The zero-order chi connectivity index (χ0) is 19.1. The van der Waals surface area contributed by atoms with Crippen molar-refractivity contribution in [1.29, 1.82) is 0 Å². The predicted octanol–water partition coefficient (Wildman–Crippen LogP) is 2.59. The highest BCUT2D eigenvalue weighted by Gasteiger charge is 2.26. The summed E-state index contributed by atoms with van der Waals surface area (Å²) >= 11 is 0. The first kappa shape index (κ1) is 17.9. The first-order valence-corrected chi connectivity index (χ1v) is 9.00. The highest BCUT2D eigenvalue weighted by molar-refractivity contribution is 7.91. The number of aromatic nitrogens is 3. The second kappa shape index (κ2) is 6.45. The van der Waals surface area contributed by atoms with E-state index in [9.17, 15) is 22.0 Å². The number of fused-ring (bicyclic) bond motifs is 1. The summed E-state index contributed by atoms with van der Waals surface area (Å²) in [4.78, 5) is 16.1. The molecule has 3 rings (SSSR count). The molecule has 0 fully saturated rings. The molecule has 3 aromatic rings. The number of alkyl halides is 2. The summed E-state index contributed by atoms with van der Waals surface area (Å²) < 4.78 is 49.4. The van der Waals surface area contributed by atoms with E-state index in [1.807, 2.05) is 6.92 Å². The molecule has 1 amide bonds. The van der Waals surface area contributed by atoms with Gasteiger partial charge in [0.2, 0.25) is 9.84 Å². The van der Waals surface area contributed by atoms with Crippen molar-refractivity contribution in [2.24, 2.45) is 0 Å². The molecule has 26 heavy (non-hydrogen) atoms. The van der Waals surface area contributed by atoms with Gasteiger partial charge in [-0.05, 0) is 38.1 Å². The maximum absolute atomic E-state index is 12.5. The summed E-state index contributed by atoms with van der Waals surface area (Å²) in [6.07, 6.45) is 1.41. The molecule has 1 N–H and O–H groups in total. The molecule has 1 aromatic carbocycles. The third kappa shape index (κ3) is 3.15. The topological polar surface area (TPSA) is 93.4 Å². The molecule has 7 nitrogen and oxygen atoms in total. The molecule has 136 valence electrons. The number of amides is 1. The van der Waals surface area contributed by atoms with Gasteiger partial charge in [0, 0.05) is 18.0 Å². The molecule has 0 atom stereocenters. The molecule has 0 aliphatic heterocycles. The van der Waals surface area contributed by atoms with Gasteiger partial charge in [-0.15, -0.1) is 0 Å². The van der Waals surface area contributed by atoms with Crippen LogP contribution in [0.3, 0.4) is 0 Å². The molecule has 0 bridgehead atoms. The lowest BCUT2D eigenvalue weighted by molar-refractivity contribution is 0.102. The fourth-order valence-corrected chi connectivity index (χ4v) is 3.14. The van der Waals surface area contributed by atoms with Crippen molar-refractivity contribution >= 4 is 27.1 Å². The number of hydrogen-bond donors (Lipinski definition) is 1. The molecule has 0 radical (unpaired) electrons. The van der Waals surface area contributed by atoms with Crippen LogP contribution in [-0.4, -0.2) is 34.7 Å². The van der Waals surface area contributed by atoms with Gasteiger partial charge in [-0.25, -0.2) is 17.9 Å². The summed E-state index contributed by atoms with van der Waals surface area (Å²) in [5.41, 5.74) is 2.49. The van der Waals surface area contributed by atoms with Crippen LogP contribution >= 0.6 is 0 Å². The highest BCUT2D eigenvalue weighted by Crippen LogP contribution is 2.21. The number of anilines is 1. The van der Waals surface area contributed by atoms with Gasteiger partial charge < -0.3 is 5.32 Å². The monoisotopic (exact) mass is 380 g/mol. The zero-order valence-electron chi connectivity index (χ0n) is 13.8. The van der Waals surface area contributed by atoms with E-state index in [2.05, 4.69) is 15.4 Å². The van der Waals surface area contributed by atoms with Crippen LogP contribution in [0.25, 0.3) is 5.65 Å². The molecule has 2 heterocycles. The summed E-state index contributed by atoms with van der Waals surface area (Å²) in [5, 5.41) is 6.83. The Morgan fingerprint density at radius 2 is 1.85 bits per heavy atom. The number of nitrogens with one attached hydrogen (secondary N) is 1. The van der Waals surface area contributed by atoms with Gasteiger partial charge in [-0.2, -0.15) is 13.9 Å². The van der Waals surface area contributed by atoms with Gasteiger partial charge in [0.25, 0.3) is 5.91 Å². The van der Waals surface area contributed by atoms with Gasteiger partial charge in [0.15, 0.2) is 5.65 Å².